The summed E-state index contributed by atoms with van der Waals surface area (Å²) in [4.78, 5) is 19.4. The van der Waals surface area contributed by atoms with Gasteiger partial charge in [0.1, 0.15) is 0 Å². The van der Waals surface area contributed by atoms with Crippen molar-refractivity contribution < 1.29 is 9.53 Å². The molecule has 2 aliphatic rings. The first-order valence-corrected chi connectivity index (χ1v) is 9.43. The van der Waals surface area contributed by atoms with E-state index in [1.54, 1.807) is 6.20 Å². The lowest BCUT2D eigenvalue weighted by Crippen LogP contribution is -2.47. The Morgan fingerprint density at radius 1 is 1.23 bits per heavy atom. The molecule has 0 saturated carbocycles. The normalized spacial score (nSPS) is 25.0. The average Bonchev–Trinajstić information content (AvgIpc) is 3.22. The number of H-pyrrole nitrogens is 1. The van der Waals surface area contributed by atoms with Crippen LogP contribution in [0.3, 0.4) is 0 Å². The van der Waals surface area contributed by atoms with Crippen LogP contribution in [0.2, 0.25) is 0 Å². The lowest BCUT2D eigenvalue weighted by Gasteiger charge is -2.35. The molecule has 3 heterocycles. The van der Waals surface area contributed by atoms with E-state index >= 15 is 0 Å². The number of nitrogens with one attached hydrogen (secondary N) is 1. The number of morpholine rings is 1. The zero-order valence-corrected chi connectivity index (χ0v) is 15.5. The molecule has 134 valence electrons. The number of hydrogen-bond acceptors (Lipinski definition) is 5. The van der Waals surface area contributed by atoms with Gasteiger partial charge in [-0.3, -0.25) is 9.89 Å². The fraction of sp³-hybridized carbons (Fsp3) is 0.316. The molecule has 26 heavy (non-hydrogen) atoms. The number of carbonyl (C=O) groups excluding carboxylic acids is 1. The van der Waals surface area contributed by atoms with Gasteiger partial charge in [-0.1, -0.05) is 30.3 Å². The SMILES string of the molecule is CC1CN(C2=NC(=O)/C(=C\c3cn[nH]c3-c3ccccc3)S2)CC(C)O1. The fourth-order valence-electron chi connectivity index (χ4n) is 3.25. The molecule has 7 heteroatoms. The van der Waals surface area contributed by atoms with E-state index in [4.69, 9.17) is 4.74 Å². The van der Waals surface area contributed by atoms with Crippen LogP contribution < -0.4 is 0 Å². The molecule has 2 atom stereocenters. The first kappa shape index (κ1) is 17.1. The van der Waals surface area contributed by atoms with E-state index in [1.807, 2.05) is 50.3 Å². The van der Waals surface area contributed by atoms with Gasteiger partial charge in [0.25, 0.3) is 5.91 Å². The van der Waals surface area contributed by atoms with Crippen molar-refractivity contribution >= 4 is 28.9 Å². The maximum atomic E-state index is 12.4. The summed E-state index contributed by atoms with van der Waals surface area (Å²) in [5.74, 6) is -0.197. The number of rotatable bonds is 2. The topological polar surface area (TPSA) is 70.6 Å². The van der Waals surface area contributed by atoms with Crippen molar-refractivity contribution in [2.24, 2.45) is 4.99 Å². The van der Waals surface area contributed by atoms with Crippen LogP contribution in [0, 0.1) is 0 Å². The summed E-state index contributed by atoms with van der Waals surface area (Å²) in [6.07, 6.45) is 3.86. The van der Waals surface area contributed by atoms with Gasteiger partial charge in [-0.15, -0.1) is 0 Å². The molecule has 0 radical (unpaired) electrons. The molecule has 2 unspecified atom stereocenters. The van der Waals surface area contributed by atoms with Gasteiger partial charge in [-0.05, 0) is 31.7 Å². The molecule has 2 aromatic rings. The van der Waals surface area contributed by atoms with Crippen LogP contribution in [0.25, 0.3) is 17.3 Å². The number of carbonyl (C=O) groups is 1. The van der Waals surface area contributed by atoms with Crippen LogP contribution in [0.5, 0.6) is 0 Å². The Balaban J connectivity index is 1.56. The van der Waals surface area contributed by atoms with E-state index in [9.17, 15) is 4.79 Å². The number of benzene rings is 1. The molecule has 1 saturated heterocycles. The summed E-state index contributed by atoms with van der Waals surface area (Å²) < 4.78 is 5.76. The first-order chi connectivity index (χ1) is 12.6. The van der Waals surface area contributed by atoms with E-state index in [1.165, 1.54) is 11.8 Å². The average molecular weight is 368 g/mol. The van der Waals surface area contributed by atoms with Crippen molar-refractivity contribution in [3.05, 3.63) is 47.0 Å². The quantitative estimate of drug-likeness (QED) is 0.825. The maximum absolute atomic E-state index is 12.4. The molecule has 1 aromatic carbocycles. The number of aliphatic imine (C=N–C) groups is 1. The molecule has 1 amide bonds. The maximum Gasteiger partial charge on any atom is 0.286 e. The fourth-order valence-corrected chi connectivity index (χ4v) is 4.17. The summed E-state index contributed by atoms with van der Waals surface area (Å²) in [6.45, 7) is 5.58. The van der Waals surface area contributed by atoms with Crippen LogP contribution in [-0.4, -0.2) is 51.5 Å². The Morgan fingerprint density at radius 2 is 1.96 bits per heavy atom. The van der Waals surface area contributed by atoms with Crippen molar-refractivity contribution in [2.45, 2.75) is 26.1 Å². The highest BCUT2D eigenvalue weighted by molar-refractivity contribution is 8.18. The molecule has 1 N–H and O–H groups in total. The number of ether oxygens (including phenoxy) is 1. The number of nitrogens with zero attached hydrogens (tertiary/aromatic N) is 3. The monoisotopic (exact) mass is 368 g/mol. The zero-order chi connectivity index (χ0) is 18.1. The first-order valence-electron chi connectivity index (χ1n) is 8.62. The summed E-state index contributed by atoms with van der Waals surface area (Å²) in [5.41, 5.74) is 2.81. The van der Waals surface area contributed by atoms with Gasteiger partial charge in [-0.25, -0.2) is 0 Å². The molecule has 0 aliphatic carbocycles. The molecule has 1 aromatic heterocycles. The second-order valence-electron chi connectivity index (χ2n) is 6.54. The van der Waals surface area contributed by atoms with Crippen LogP contribution >= 0.6 is 11.8 Å². The number of thioether (sulfide) groups is 1. The number of aromatic amines is 1. The highest BCUT2D eigenvalue weighted by Crippen LogP contribution is 2.33. The van der Waals surface area contributed by atoms with Gasteiger partial charge in [-0.2, -0.15) is 10.1 Å². The third-order valence-corrected chi connectivity index (χ3v) is 5.36. The molecule has 6 nitrogen and oxygen atoms in total. The Kier molecular flexibility index (Phi) is 4.65. The second-order valence-corrected chi connectivity index (χ2v) is 7.55. The standard InChI is InChI=1S/C19H20N4O2S/c1-12-10-23(11-13(2)25-12)19-21-18(24)16(26-19)8-15-9-20-22-17(15)14-6-4-3-5-7-14/h3-9,12-13H,10-11H2,1-2H3,(H,20,22)/b16-8+. The summed E-state index contributed by atoms with van der Waals surface area (Å²) in [6, 6.07) is 9.95. The van der Waals surface area contributed by atoms with E-state index in [0.29, 0.717) is 4.91 Å². The summed E-state index contributed by atoms with van der Waals surface area (Å²) in [7, 11) is 0. The van der Waals surface area contributed by atoms with Gasteiger partial charge in [0, 0.05) is 24.2 Å². The minimum Gasteiger partial charge on any atom is -0.372 e. The van der Waals surface area contributed by atoms with E-state index < -0.39 is 0 Å². The van der Waals surface area contributed by atoms with Gasteiger partial charge in [0.05, 0.1) is 29.0 Å². The molecule has 1 fully saturated rings. The lowest BCUT2D eigenvalue weighted by atomic mass is 10.1. The Bertz CT molecular complexity index is 865. The summed E-state index contributed by atoms with van der Waals surface area (Å²) >= 11 is 1.42. The second kappa shape index (κ2) is 7.09. The lowest BCUT2D eigenvalue weighted by molar-refractivity contribution is -0.113. The molecule has 0 spiro atoms. The minimum atomic E-state index is -0.197. The van der Waals surface area contributed by atoms with Crippen molar-refractivity contribution in [2.75, 3.05) is 13.1 Å². The van der Waals surface area contributed by atoms with Gasteiger partial charge < -0.3 is 9.64 Å². The van der Waals surface area contributed by atoms with Crippen molar-refractivity contribution in [1.29, 1.82) is 0 Å². The van der Waals surface area contributed by atoms with E-state index in [-0.39, 0.29) is 18.1 Å². The van der Waals surface area contributed by atoms with E-state index in [0.717, 1.165) is 35.1 Å². The van der Waals surface area contributed by atoms with Crippen LogP contribution in [-0.2, 0) is 9.53 Å². The molecule has 0 bridgehead atoms. The Morgan fingerprint density at radius 3 is 2.69 bits per heavy atom. The highest BCUT2D eigenvalue weighted by Gasteiger charge is 2.31. The van der Waals surface area contributed by atoms with Crippen LogP contribution in [0.1, 0.15) is 19.4 Å². The van der Waals surface area contributed by atoms with Crippen LogP contribution in [0.4, 0.5) is 0 Å². The molecule has 4 rings (SSSR count). The highest BCUT2D eigenvalue weighted by atomic mass is 32.2. The molecular formula is C19H20N4O2S. The Labute approximate surface area is 156 Å². The predicted molar refractivity (Wildman–Crippen MR) is 104 cm³/mol. The predicted octanol–water partition coefficient (Wildman–Crippen LogP) is 3.16. The van der Waals surface area contributed by atoms with Gasteiger partial charge in [0.15, 0.2) is 5.17 Å². The minimum absolute atomic E-state index is 0.128. The van der Waals surface area contributed by atoms with Crippen LogP contribution in [0.15, 0.2) is 46.4 Å². The third kappa shape index (κ3) is 3.45. The van der Waals surface area contributed by atoms with E-state index in [2.05, 4.69) is 20.1 Å². The Hall–Kier alpha value is -2.38. The van der Waals surface area contributed by atoms with Crippen molar-refractivity contribution in [1.82, 2.24) is 15.1 Å². The largest absolute Gasteiger partial charge is 0.372 e. The smallest absolute Gasteiger partial charge is 0.286 e. The zero-order valence-electron chi connectivity index (χ0n) is 14.7. The van der Waals surface area contributed by atoms with Gasteiger partial charge >= 0.3 is 0 Å². The third-order valence-electron chi connectivity index (χ3n) is 4.32. The van der Waals surface area contributed by atoms with Crippen molar-refractivity contribution in [3.8, 4) is 11.3 Å². The van der Waals surface area contributed by atoms with Gasteiger partial charge in [0.2, 0.25) is 0 Å². The van der Waals surface area contributed by atoms with Crippen molar-refractivity contribution in [3.63, 3.8) is 0 Å². The molecule has 2 aliphatic heterocycles. The number of amides is 1. The molecular weight excluding hydrogens is 348 g/mol. The number of aromatic nitrogens is 2. The number of amidine groups is 1. The number of hydrogen-bond donors (Lipinski definition) is 1. The summed E-state index contributed by atoms with van der Waals surface area (Å²) in [5, 5.41) is 7.91.